The number of hydrogen-bond donors (Lipinski definition) is 0. The molecular weight excluding hydrogens is 223 g/mol. The lowest BCUT2D eigenvalue weighted by atomic mass is 10.1. The third kappa shape index (κ3) is 7.50. The molecule has 0 aromatic heterocycles. The molecule has 0 aromatic rings. The number of hydrogen-bond acceptors (Lipinski definition) is 3. The number of esters is 1. The summed E-state index contributed by atoms with van der Waals surface area (Å²) in [6.07, 6.45) is -4.84. The van der Waals surface area contributed by atoms with Crippen molar-refractivity contribution in [1.82, 2.24) is 4.90 Å². The van der Waals surface area contributed by atoms with Gasteiger partial charge in [-0.15, -0.1) is 0 Å². The fourth-order valence-corrected chi connectivity index (χ4v) is 1.38. The van der Waals surface area contributed by atoms with Gasteiger partial charge in [-0.25, -0.2) is 0 Å². The fourth-order valence-electron chi connectivity index (χ4n) is 1.38. The van der Waals surface area contributed by atoms with E-state index in [0.29, 0.717) is 13.1 Å². The largest absolute Gasteiger partial charge is 0.469 e. The Morgan fingerprint density at radius 3 is 2.44 bits per heavy atom. The number of methoxy groups -OCH3 is 1. The lowest BCUT2D eigenvalue weighted by Gasteiger charge is -2.20. The normalized spacial score (nSPS) is 13.9. The van der Waals surface area contributed by atoms with Crippen molar-refractivity contribution in [2.75, 3.05) is 27.2 Å². The maximum Gasteiger partial charge on any atom is 0.389 e. The van der Waals surface area contributed by atoms with Gasteiger partial charge in [-0.3, -0.25) is 4.79 Å². The second kappa shape index (κ2) is 6.73. The molecule has 1 unspecified atom stereocenters. The van der Waals surface area contributed by atoms with E-state index in [-0.39, 0.29) is 18.3 Å². The van der Waals surface area contributed by atoms with Crippen molar-refractivity contribution in [2.24, 2.45) is 5.92 Å². The van der Waals surface area contributed by atoms with Gasteiger partial charge < -0.3 is 9.64 Å². The van der Waals surface area contributed by atoms with Gasteiger partial charge in [0.15, 0.2) is 0 Å². The van der Waals surface area contributed by atoms with Crippen LogP contribution in [0.5, 0.6) is 0 Å². The zero-order valence-corrected chi connectivity index (χ0v) is 9.80. The van der Waals surface area contributed by atoms with Crippen LogP contribution in [0.1, 0.15) is 19.8 Å². The van der Waals surface area contributed by atoms with Gasteiger partial charge in [0.05, 0.1) is 13.0 Å². The van der Waals surface area contributed by atoms with Crippen molar-refractivity contribution >= 4 is 5.97 Å². The monoisotopic (exact) mass is 241 g/mol. The number of rotatable bonds is 6. The predicted molar refractivity (Wildman–Crippen MR) is 54.0 cm³/mol. The van der Waals surface area contributed by atoms with E-state index in [2.05, 4.69) is 4.74 Å². The second-order valence-electron chi connectivity index (χ2n) is 3.91. The Morgan fingerprint density at radius 1 is 1.44 bits per heavy atom. The number of halogens is 3. The van der Waals surface area contributed by atoms with Crippen LogP contribution in [0.4, 0.5) is 13.2 Å². The quantitative estimate of drug-likeness (QED) is 0.667. The molecule has 0 saturated heterocycles. The minimum absolute atomic E-state index is 0.0495. The Hall–Kier alpha value is -0.780. The SMILES string of the molecule is COC(=O)C(C)CN(C)CCCC(F)(F)F. The first kappa shape index (κ1) is 15.2. The summed E-state index contributed by atoms with van der Waals surface area (Å²) in [4.78, 5) is 12.8. The number of alkyl halides is 3. The van der Waals surface area contributed by atoms with E-state index in [1.807, 2.05) is 0 Å². The highest BCUT2D eigenvalue weighted by atomic mass is 19.4. The highest BCUT2D eigenvalue weighted by Crippen LogP contribution is 2.21. The third-order valence-corrected chi connectivity index (χ3v) is 2.19. The molecule has 0 aliphatic carbocycles. The van der Waals surface area contributed by atoms with Crippen LogP contribution in [0.15, 0.2) is 0 Å². The van der Waals surface area contributed by atoms with E-state index >= 15 is 0 Å². The molecule has 0 bridgehead atoms. The molecular formula is C10H18F3NO2. The van der Waals surface area contributed by atoms with Gasteiger partial charge in [-0.1, -0.05) is 6.92 Å². The zero-order chi connectivity index (χ0) is 12.8. The number of carbonyl (C=O) groups excluding carboxylic acids is 1. The minimum atomic E-state index is -4.10. The summed E-state index contributed by atoms with van der Waals surface area (Å²) in [5, 5.41) is 0. The van der Waals surface area contributed by atoms with Crippen LogP contribution >= 0.6 is 0 Å². The molecule has 6 heteroatoms. The molecule has 16 heavy (non-hydrogen) atoms. The van der Waals surface area contributed by atoms with Gasteiger partial charge in [0, 0.05) is 13.0 Å². The van der Waals surface area contributed by atoms with Crippen LogP contribution in [0.25, 0.3) is 0 Å². The number of nitrogens with zero attached hydrogens (tertiary/aromatic N) is 1. The number of carbonyl (C=O) groups is 1. The number of ether oxygens (including phenoxy) is 1. The molecule has 0 aromatic carbocycles. The Bertz CT molecular complexity index is 219. The van der Waals surface area contributed by atoms with Gasteiger partial charge in [0.2, 0.25) is 0 Å². The molecule has 96 valence electrons. The lowest BCUT2D eigenvalue weighted by Crippen LogP contribution is -2.30. The van der Waals surface area contributed by atoms with E-state index in [4.69, 9.17) is 0 Å². The van der Waals surface area contributed by atoms with Crippen molar-refractivity contribution in [2.45, 2.75) is 25.9 Å². The molecule has 3 nitrogen and oxygen atoms in total. The summed E-state index contributed by atoms with van der Waals surface area (Å²) >= 11 is 0. The molecule has 0 N–H and O–H groups in total. The molecule has 0 fully saturated rings. The first-order chi connectivity index (χ1) is 7.26. The zero-order valence-electron chi connectivity index (χ0n) is 9.80. The second-order valence-corrected chi connectivity index (χ2v) is 3.91. The maximum absolute atomic E-state index is 11.9. The van der Waals surface area contributed by atoms with E-state index in [1.54, 1.807) is 18.9 Å². The fraction of sp³-hybridized carbons (Fsp3) is 0.900. The minimum Gasteiger partial charge on any atom is -0.469 e. The van der Waals surface area contributed by atoms with Crippen molar-refractivity contribution in [1.29, 1.82) is 0 Å². The Labute approximate surface area is 93.6 Å². The first-order valence-corrected chi connectivity index (χ1v) is 5.09. The van der Waals surface area contributed by atoms with Gasteiger partial charge in [0.25, 0.3) is 0 Å². The van der Waals surface area contributed by atoms with E-state index in [0.717, 1.165) is 0 Å². The molecule has 0 heterocycles. The van der Waals surface area contributed by atoms with Crippen LogP contribution < -0.4 is 0 Å². The molecule has 0 rings (SSSR count). The van der Waals surface area contributed by atoms with Crippen LogP contribution in [-0.2, 0) is 9.53 Å². The summed E-state index contributed by atoms with van der Waals surface area (Å²) in [6.45, 7) is 2.41. The topological polar surface area (TPSA) is 29.5 Å². The highest BCUT2D eigenvalue weighted by molar-refractivity contribution is 5.71. The molecule has 0 aliphatic heterocycles. The van der Waals surface area contributed by atoms with E-state index < -0.39 is 12.6 Å². The van der Waals surface area contributed by atoms with Gasteiger partial charge in [0.1, 0.15) is 0 Å². The van der Waals surface area contributed by atoms with Crippen molar-refractivity contribution in [3.63, 3.8) is 0 Å². The van der Waals surface area contributed by atoms with Crippen molar-refractivity contribution in [3.8, 4) is 0 Å². The summed E-state index contributed by atoms with van der Waals surface area (Å²) in [7, 11) is 2.98. The highest BCUT2D eigenvalue weighted by Gasteiger charge is 2.26. The smallest absolute Gasteiger partial charge is 0.389 e. The summed E-state index contributed by atoms with van der Waals surface area (Å²) < 4.78 is 40.1. The average Bonchev–Trinajstić information content (AvgIpc) is 2.14. The van der Waals surface area contributed by atoms with Crippen LogP contribution in [0.3, 0.4) is 0 Å². The maximum atomic E-state index is 11.9. The molecule has 0 aliphatic rings. The summed E-state index contributed by atoms with van der Waals surface area (Å²) in [6, 6.07) is 0. The molecule has 0 saturated carbocycles. The summed E-state index contributed by atoms with van der Waals surface area (Å²) in [5.41, 5.74) is 0. The van der Waals surface area contributed by atoms with Gasteiger partial charge in [-0.05, 0) is 20.0 Å². The Kier molecular flexibility index (Phi) is 6.40. The van der Waals surface area contributed by atoms with Gasteiger partial charge >= 0.3 is 12.1 Å². The lowest BCUT2D eigenvalue weighted by molar-refractivity contribution is -0.146. The van der Waals surface area contributed by atoms with Crippen LogP contribution in [0, 0.1) is 5.92 Å². The Morgan fingerprint density at radius 2 is 2.00 bits per heavy atom. The van der Waals surface area contributed by atoms with Crippen LogP contribution in [0.2, 0.25) is 0 Å². The van der Waals surface area contributed by atoms with Crippen LogP contribution in [-0.4, -0.2) is 44.3 Å². The van der Waals surface area contributed by atoms with E-state index in [9.17, 15) is 18.0 Å². The van der Waals surface area contributed by atoms with Crippen molar-refractivity contribution < 1.29 is 22.7 Å². The third-order valence-electron chi connectivity index (χ3n) is 2.19. The Balaban J connectivity index is 3.74. The molecule has 0 amide bonds. The van der Waals surface area contributed by atoms with Gasteiger partial charge in [-0.2, -0.15) is 13.2 Å². The van der Waals surface area contributed by atoms with Crippen molar-refractivity contribution in [3.05, 3.63) is 0 Å². The molecule has 1 atom stereocenters. The standard InChI is InChI=1S/C10H18F3NO2/c1-8(9(15)16-3)7-14(2)6-4-5-10(11,12)13/h8H,4-7H2,1-3H3. The average molecular weight is 241 g/mol. The van der Waals surface area contributed by atoms with E-state index in [1.165, 1.54) is 7.11 Å². The molecule has 0 spiro atoms. The molecule has 0 radical (unpaired) electrons. The summed E-state index contributed by atoms with van der Waals surface area (Å²) in [5.74, 6) is -0.663. The first-order valence-electron chi connectivity index (χ1n) is 5.09. The predicted octanol–water partition coefficient (Wildman–Crippen LogP) is 2.07.